The predicted octanol–water partition coefficient (Wildman–Crippen LogP) is 3.99. The molecule has 1 aromatic heterocycles. The number of hydrogen-bond acceptors (Lipinski definition) is 5. The van der Waals surface area contributed by atoms with Crippen LogP contribution in [-0.4, -0.2) is 10.8 Å². The van der Waals surface area contributed by atoms with Crippen LogP contribution in [0.15, 0.2) is 64.3 Å². The molecule has 3 rings (SSSR count). The highest BCUT2D eigenvalue weighted by molar-refractivity contribution is 6.06. The molecule has 0 bridgehead atoms. The highest BCUT2D eigenvalue weighted by atomic mass is 16.6. The summed E-state index contributed by atoms with van der Waals surface area (Å²) in [7, 11) is 0. The Morgan fingerprint density at radius 1 is 1.30 bits per heavy atom. The average Bonchev–Trinajstić information content (AvgIpc) is 2.63. The van der Waals surface area contributed by atoms with Crippen molar-refractivity contribution in [1.82, 2.24) is 0 Å². The standard InChI is InChI=1S/C20H16N2O5/c1-3-5-13-6-4-7-14-11-15(20(24)27-18(13)14)19(23)21-16-9-8-12(2)10-17(16)22(25)26/h3-4,6-11H,1,5H2,2H3,(H,21,23). The predicted molar refractivity (Wildman–Crippen MR) is 102 cm³/mol. The second-order valence-corrected chi connectivity index (χ2v) is 6.01. The molecular formula is C20H16N2O5. The molecule has 2 aromatic carbocycles. The van der Waals surface area contributed by atoms with Gasteiger partial charge in [0.15, 0.2) is 0 Å². The summed E-state index contributed by atoms with van der Waals surface area (Å²) in [6.07, 6.45) is 2.20. The summed E-state index contributed by atoms with van der Waals surface area (Å²) < 4.78 is 5.33. The molecule has 1 heterocycles. The van der Waals surface area contributed by atoms with Crippen LogP contribution in [0, 0.1) is 17.0 Å². The number of nitro groups is 1. The summed E-state index contributed by atoms with van der Waals surface area (Å²) in [5.41, 5.74) is 0.567. The first-order valence-corrected chi connectivity index (χ1v) is 8.13. The number of rotatable bonds is 5. The molecule has 0 spiro atoms. The molecule has 1 N–H and O–H groups in total. The third kappa shape index (κ3) is 3.62. The Morgan fingerprint density at radius 3 is 2.78 bits per heavy atom. The zero-order chi connectivity index (χ0) is 19.6. The molecule has 0 saturated carbocycles. The molecule has 0 aliphatic carbocycles. The number of hydrogen-bond donors (Lipinski definition) is 1. The Labute approximate surface area is 154 Å². The number of nitrogens with zero attached hydrogens (tertiary/aromatic N) is 1. The van der Waals surface area contributed by atoms with Crippen LogP contribution in [0.5, 0.6) is 0 Å². The van der Waals surface area contributed by atoms with Crippen LogP contribution in [0.2, 0.25) is 0 Å². The van der Waals surface area contributed by atoms with Crippen LogP contribution in [0.25, 0.3) is 11.0 Å². The first-order chi connectivity index (χ1) is 12.9. The number of para-hydroxylation sites is 1. The van der Waals surface area contributed by atoms with Crippen molar-refractivity contribution in [3.8, 4) is 0 Å². The van der Waals surface area contributed by atoms with E-state index in [2.05, 4.69) is 11.9 Å². The van der Waals surface area contributed by atoms with Crippen molar-refractivity contribution in [3.63, 3.8) is 0 Å². The highest BCUT2D eigenvalue weighted by Gasteiger charge is 2.20. The van der Waals surface area contributed by atoms with Crippen LogP contribution in [0.4, 0.5) is 11.4 Å². The van der Waals surface area contributed by atoms with Crippen LogP contribution in [0.3, 0.4) is 0 Å². The molecule has 136 valence electrons. The van der Waals surface area contributed by atoms with E-state index in [-0.39, 0.29) is 16.9 Å². The Balaban J connectivity index is 2.02. The van der Waals surface area contributed by atoms with Gasteiger partial charge in [0, 0.05) is 11.5 Å². The van der Waals surface area contributed by atoms with Gasteiger partial charge in [-0.3, -0.25) is 14.9 Å². The zero-order valence-corrected chi connectivity index (χ0v) is 14.5. The number of aryl methyl sites for hydroxylation is 1. The number of nitrogens with one attached hydrogen (secondary N) is 1. The molecule has 1 amide bonds. The van der Waals surface area contributed by atoms with Crippen LogP contribution in [0.1, 0.15) is 21.5 Å². The van der Waals surface area contributed by atoms with Crippen LogP contribution >= 0.6 is 0 Å². The Morgan fingerprint density at radius 2 is 2.07 bits per heavy atom. The van der Waals surface area contributed by atoms with Crippen molar-refractivity contribution < 1.29 is 14.1 Å². The van der Waals surface area contributed by atoms with Crippen LogP contribution < -0.4 is 10.9 Å². The van der Waals surface area contributed by atoms with Gasteiger partial charge in [-0.05, 0) is 36.6 Å². The van der Waals surface area contributed by atoms with Gasteiger partial charge in [-0.25, -0.2) is 4.79 Å². The Bertz CT molecular complexity index is 1130. The van der Waals surface area contributed by atoms with Gasteiger partial charge in [0.25, 0.3) is 11.6 Å². The maximum absolute atomic E-state index is 12.5. The van der Waals surface area contributed by atoms with E-state index in [1.54, 1.807) is 31.2 Å². The number of allylic oxidation sites excluding steroid dienone is 1. The van der Waals surface area contributed by atoms with E-state index in [1.807, 2.05) is 6.07 Å². The molecule has 0 saturated heterocycles. The van der Waals surface area contributed by atoms with Gasteiger partial charge in [-0.1, -0.05) is 30.3 Å². The summed E-state index contributed by atoms with van der Waals surface area (Å²) in [5.74, 6) is -0.772. The van der Waals surface area contributed by atoms with Crippen molar-refractivity contribution >= 4 is 28.3 Å². The fraction of sp³-hybridized carbons (Fsp3) is 0.100. The van der Waals surface area contributed by atoms with Gasteiger partial charge in [0.1, 0.15) is 16.8 Å². The molecule has 0 unspecified atom stereocenters. The minimum Gasteiger partial charge on any atom is -0.422 e. The molecule has 0 aliphatic heterocycles. The van der Waals surface area contributed by atoms with Crippen molar-refractivity contribution in [3.05, 3.63) is 92.3 Å². The van der Waals surface area contributed by atoms with E-state index in [0.29, 0.717) is 23.0 Å². The zero-order valence-electron chi connectivity index (χ0n) is 14.5. The van der Waals surface area contributed by atoms with E-state index in [0.717, 1.165) is 5.56 Å². The first kappa shape index (κ1) is 18.1. The molecule has 3 aromatic rings. The van der Waals surface area contributed by atoms with E-state index < -0.39 is 16.5 Å². The average molecular weight is 364 g/mol. The molecule has 7 heteroatoms. The maximum Gasteiger partial charge on any atom is 0.349 e. The number of nitro benzene ring substituents is 1. The maximum atomic E-state index is 12.5. The third-order valence-corrected chi connectivity index (χ3v) is 4.05. The smallest absolute Gasteiger partial charge is 0.349 e. The second kappa shape index (κ2) is 7.25. The molecule has 0 radical (unpaired) electrons. The molecule has 0 fully saturated rings. The summed E-state index contributed by atoms with van der Waals surface area (Å²) in [6.45, 7) is 5.37. The molecular weight excluding hydrogens is 348 g/mol. The number of benzene rings is 2. The molecule has 27 heavy (non-hydrogen) atoms. The van der Waals surface area contributed by atoms with Crippen molar-refractivity contribution in [1.29, 1.82) is 0 Å². The number of carbonyl (C=O) groups is 1. The summed E-state index contributed by atoms with van der Waals surface area (Å²) in [5, 5.41) is 14.2. The van der Waals surface area contributed by atoms with Gasteiger partial charge < -0.3 is 9.73 Å². The number of anilines is 1. The van der Waals surface area contributed by atoms with Gasteiger partial charge >= 0.3 is 5.63 Å². The normalized spacial score (nSPS) is 10.6. The SMILES string of the molecule is C=CCc1cccc2cc(C(=O)Nc3ccc(C)cc3[N+](=O)[O-])c(=O)oc12. The summed E-state index contributed by atoms with van der Waals surface area (Å²) in [4.78, 5) is 35.5. The fourth-order valence-electron chi connectivity index (χ4n) is 2.77. The summed E-state index contributed by atoms with van der Waals surface area (Å²) >= 11 is 0. The number of amides is 1. The molecule has 0 atom stereocenters. The quantitative estimate of drug-likeness (QED) is 0.319. The second-order valence-electron chi connectivity index (χ2n) is 6.01. The van der Waals surface area contributed by atoms with E-state index >= 15 is 0 Å². The largest absolute Gasteiger partial charge is 0.422 e. The van der Waals surface area contributed by atoms with E-state index in [4.69, 9.17) is 4.42 Å². The van der Waals surface area contributed by atoms with Crippen molar-refractivity contribution in [2.75, 3.05) is 5.32 Å². The fourth-order valence-corrected chi connectivity index (χ4v) is 2.77. The van der Waals surface area contributed by atoms with Gasteiger partial charge in [-0.2, -0.15) is 0 Å². The van der Waals surface area contributed by atoms with Gasteiger partial charge in [0.2, 0.25) is 0 Å². The van der Waals surface area contributed by atoms with Gasteiger partial charge in [0.05, 0.1) is 4.92 Å². The Kier molecular flexibility index (Phi) is 4.85. The van der Waals surface area contributed by atoms with Gasteiger partial charge in [-0.15, -0.1) is 6.58 Å². The lowest BCUT2D eigenvalue weighted by Gasteiger charge is -2.08. The van der Waals surface area contributed by atoms with E-state index in [1.165, 1.54) is 18.2 Å². The van der Waals surface area contributed by atoms with Crippen molar-refractivity contribution in [2.45, 2.75) is 13.3 Å². The lowest BCUT2D eigenvalue weighted by atomic mass is 10.1. The molecule has 0 aliphatic rings. The lowest BCUT2D eigenvalue weighted by Crippen LogP contribution is -2.21. The van der Waals surface area contributed by atoms with E-state index in [9.17, 15) is 19.7 Å². The highest BCUT2D eigenvalue weighted by Crippen LogP contribution is 2.26. The monoisotopic (exact) mass is 364 g/mol. The minimum absolute atomic E-state index is 0.00973. The topological polar surface area (TPSA) is 102 Å². The van der Waals surface area contributed by atoms with Crippen LogP contribution in [-0.2, 0) is 6.42 Å². The minimum atomic E-state index is -0.814. The third-order valence-electron chi connectivity index (χ3n) is 4.05. The Hall–Kier alpha value is -3.74. The molecule has 7 nitrogen and oxygen atoms in total. The van der Waals surface area contributed by atoms with Crippen molar-refractivity contribution in [2.24, 2.45) is 0 Å². The number of carbonyl (C=O) groups excluding carboxylic acids is 1. The summed E-state index contributed by atoms with van der Waals surface area (Å²) in [6, 6.07) is 11.1. The first-order valence-electron chi connectivity index (χ1n) is 8.13. The lowest BCUT2D eigenvalue weighted by molar-refractivity contribution is -0.384. The number of fused-ring (bicyclic) bond motifs is 1.